The monoisotopic (exact) mass is 234 g/mol. The normalized spacial score (nSPS) is 16.4. The Kier molecular flexibility index (Phi) is 2.96. The van der Waals surface area contributed by atoms with E-state index in [-0.39, 0.29) is 11.5 Å². The number of anilines is 2. The lowest BCUT2D eigenvalue weighted by molar-refractivity contribution is 0.0527. The Morgan fingerprint density at radius 2 is 2.24 bits per heavy atom. The van der Waals surface area contributed by atoms with Gasteiger partial charge in [-0.25, -0.2) is 4.79 Å². The first-order valence-corrected chi connectivity index (χ1v) is 5.89. The van der Waals surface area contributed by atoms with Crippen LogP contribution in [-0.4, -0.2) is 18.1 Å². The fourth-order valence-electron chi connectivity index (χ4n) is 1.69. The number of hydrogen-bond acceptors (Lipinski definition) is 4. The van der Waals surface area contributed by atoms with E-state index < -0.39 is 0 Å². The maximum atomic E-state index is 11.8. The molecule has 1 aromatic rings. The highest BCUT2D eigenvalue weighted by atomic mass is 16.5. The highest BCUT2D eigenvalue weighted by Crippen LogP contribution is 2.39. The van der Waals surface area contributed by atoms with Crippen molar-refractivity contribution in [1.82, 2.24) is 0 Å². The van der Waals surface area contributed by atoms with E-state index in [1.807, 2.05) is 6.07 Å². The average Bonchev–Trinajstić information content (AvgIpc) is 2.99. The molecule has 0 aliphatic heterocycles. The minimum absolute atomic E-state index is 0.122. The summed E-state index contributed by atoms with van der Waals surface area (Å²) in [6.45, 7) is 4.29. The number of nitrogen functional groups attached to an aromatic ring is 1. The van der Waals surface area contributed by atoms with E-state index >= 15 is 0 Å². The first-order valence-electron chi connectivity index (χ1n) is 5.89. The average molecular weight is 234 g/mol. The molecule has 1 aliphatic rings. The quantitative estimate of drug-likeness (QED) is 0.620. The molecule has 1 aromatic carbocycles. The van der Waals surface area contributed by atoms with E-state index in [1.54, 1.807) is 19.1 Å². The highest BCUT2D eigenvalue weighted by Gasteiger charge is 2.37. The molecule has 17 heavy (non-hydrogen) atoms. The van der Waals surface area contributed by atoms with E-state index in [1.165, 1.54) is 0 Å². The van der Waals surface area contributed by atoms with Crippen molar-refractivity contribution in [2.45, 2.75) is 32.2 Å². The van der Waals surface area contributed by atoms with Crippen LogP contribution in [0.2, 0.25) is 0 Å². The minimum Gasteiger partial charge on any atom is -0.462 e. The van der Waals surface area contributed by atoms with Crippen LogP contribution in [0.15, 0.2) is 18.2 Å². The van der Waals surface area contributed by atoms with Crippen molar-refractivity contribution in [3.8, 4) is 0 Å². The summed E-state index contributed by atoms with van der Waals surface area (Å²) in [6, 6.07) is 5.29. The molecule has 0 aromatic heterocycles. The first-order chi connectivity index (χ1) is 8.04. The van der Waals surface area contributed by atoms with E-state index in [4.69, 9.17) is 10.5 Å². The van der Waals surface area contributed by atoms with Crippen LogP contribution in [0, 0.1) is 0 Å². The largest absolute Gasteiger partial charge is 0.462 e. The molecule has 4 nitrogen and oxygen atoms in total. The Morgan fingerprint density at radius 3 is 2.82 bits per heavy atom. The summed E-state index contributed by atoms with van der Waals surface area (Å²) < 4.78 is 5.02. The second-order valence-electron chi connectivity index (χ2n) is 4.71. The number of hydrogen-bond donors (Lipinski definition) is 2. The van der Waals surface area contributed by atoms with Gasteiger partial charge in [0, 0.05) is 16.9 Å². The number of ether oxygens (including phenoxy) is 1. The van der Waals surface area contributed by atoms with Crippen LogP contribution in [0.4, 0.5) is 11.4 Å². The molecule has 3 N–H and O–H groups in total. The van der Waals surface area contributed by atoms with Crippen LogP contribution in [0.1, 0.15) is 37.0 Å². The van der Waals surface area contributed by atoms with Crippen molar-refractivity contribution in [2.75, 3.05) is 17.7 Å². The Labute approximate surface area is 101 Å². The maximum Gasteiger partial charge on any atom is 0.340 e. The summed E-state index contributed by atoms with van der Waals surface area (Å²) in [4.78, 5) is 11.8. The third-order valence-corrected chi connectivity index (χ3v) is 2.98. The van der Waals surface area contributed by atoms with Crippen LogP contribution in [0.5, 0.6) is 0 Å². The van der Waals surface area contributed by atoms with Crippen LogP contribution in [0.3, 0.4) is 0 Å². The molecule has 1 aliphatic carbocycles. The van der Waals surface area contributed by atoms with Gasteiger partial charge in [0.1, 0.15) is 0 Å². The molecule has 0 bridgehead atoms. The summed E-state index contributed by atoms with van der Waals surface area (Å²) in [5.74, 6) is -0.327. The fourth-order valence-corrected chi connectivity index (χ4v) is 1.69. The standard InChI is InChI=1S/C13H18N2O2/c1-3-17-12(16)10-8-9(14)4-5-11(10)15-13(2)6-7-13/h4-5,8,15H,3,6-7,14H2,1-2H3. The smallest absolute Gasteiger partial charge is 0.340 e. The van der Waals surface area contributed by atoms with Gasteiger partial charge in [0.25, 0.3) is 0 Å². The molecule has 0 spiro atoms. The molecule has 4 heteroatoms. The lowest BCUT2D eigenvalue weighted by Crippen LogP contribution is -2.19. The van der Waals surface area contributed by atoms with Gasteiger partial charge in [-0.1, -0.05) is 0 Å². The molecular weight excluding hydrogens is 216 g/mol. The second kappa shape index (κ2) is 4.28. The van der Waals surface area contributed by atoms with Gasteiger partial charge in [-0.05, 0) is 44.9 Å². The fraction of sp³-hybridized carbons (Fsp3) is 0.462. The molecule has 0 heterocycles. The van der Waals surface area contributed by atoms with Crippen molar-refractivity contribution in [2.24, 2.45) is 0 Å². The van der Waals surface area contributed by atoms with Gasteiger partial charge < -0.3 is 15.8 Å². The lowest BCUT2D eigenvalue weighted by atomic mass is 10.1. The maximum absolute atomic E-state index is 11.8. The number of carbonyl (C=O) groups is 1. The minimum atomic E-state index is -0.327. The van der Waals surface area contributed by atoms with Gasteiger partial charge in [-0.15, -0.1) is 0 Å². The van der Waals surface area contributed by atoms with E-state index in [0.29, 0.717) is 17.9 Å². The predicted octanol–water partition coefficient (Wildman–Crippen LogP) is 2.41. The lowest BCUT2D eigenvalue weighted by Gasteiger charge is -2.16. The Bertz CT molecular complexity index is 439. The third kappa shape index (κ3) is 2.70. The van der Waals surface area contributed by atoms with Crippen LogP contribution >= 0.6 is 0 Å². The topological polar surface area (TPSA) is 64.3 Å². The number of rotatable bonds is 4. The van der Waals surface area contributed by atoms with E-state index in [0.717, 1.165) is 18.5 Å². The zero-order valence-corrected chi connectivity index (χ0v) is 10.2. The van der Waals surface area contributed by atoms with Gasteiger partial charge in [0.05, 0.1) is 12.2 Å². The molecule has 0 unspecified atom stereocenters. The Hall–Kier alpha value is -1.71. The van der Waals surface area contributed by atoms with Crippen LogP contribution in [0.25, 0.3) is 0 Å². The molecule has 0 amide bonds. The van der Waals surface area contributed by atoms with Gasteiger partial charge in [0.15, 0.2) is 0 Å². The van der Waals surface area contributed by atoms with E-state index in [9.17, 15) is 4.79 Å². The Morgan fingerprint density at radius 1 is 1.53 bits per heavy atom. The SMILES string of the molecule is CCOC(=O)c1cc(N)ccc1NC1(C)CC1. The Balaban J connectivity index is 2.26. The van der Waals surface area contributed by atoms with Crippen molar-refractivity contribution < 1.29 is 9.53 Å². The van der Waals surface area contributed by atoms with Crippen LogP contribution in [-0.2, 0) is 4.74 Å². The molecule has 1 fully saturated rings. The molecule has 2 rings (SSSR count). The molecule has 0 atom stereocenters. The van der Waals surface area contributed by atoms with Crippen molar-refractivity contribution in [3.05, 3.63) is 23.8 Å². The number of carbonyl (C=O) groups excluding carboxylic acids is 1. The van der Waals surface area contributed by atoms with Crippen molar-refractivity contribution in [3.63, 3.8) is 0 Å². The van der Waals surface area contributed by atoms with Gasteiger partial charge in [-0.2, -0.15) is 0 Å². The summed E-state index contributed by atoms with van der Waals surface area (Å²) >= 11 is 0. The van der Waals surface area contributed by atoms with Gasteiger partial charge >= 0.3 is 5.97 Å². The van der Waals surface area contributed by atoms with E-state index in [2.05, 4.69) is 12.2 Å². The van der Waals surface area contributed by atoms with Gasteiger partial charge in [-0.3, -0.25) is 0 Å². The zero-order valence-electron chi connectivity index (χ0n) is 10.2. The van der Waals surface area contributed by atoms with Crippen LogP contribution < -0.4 is 11.1 Å². The molecule has 92 valence electrons. The molecule has 0 radical (unpaired) electrons. The molecule has 0 saturated heterocycles. The third-order valence-electron chi connectivity index (χ3n) is 2.98. The summed E-state index contributed by atoms with van der Waals surface area (Å²) in [7, 11) is 0. The van der Waals surface area contributed by atoms with Gasteiger partial charge in [0.2, 0.25) is 0 Å². The number of nitrogens with two attached hydrogens (primary N) is 1. The van der Waals surface area contributed by atoms with Crippen molar-refractivity contribution in [1.29, 1.82) is 0 Å². The summed E-state index contributed by atoms with van der Waals surface area (Å²) in [5, 5.41) is 3.37. The highest BCUT2D eigenvalue weighted by molar-refractivity contribution is 5.97. The predicted molar refractivity (Wildman–Crippen MR) is 68.1 cm³/mol. The summed E-state index contributed by atoms with van der Waals surface area (Å²) in [5.41, 5.74) is 7.71. The molecule has 1 saturated carbocycles. The van der Waals surface area contributed by atoms with Crippen molar-refractivity contribution >= 4 is 17.3 Å². The number of nitrogens with one attached hydrogen (secondary N) is 1. The first kappa shape index (κ1) is 11.8. The second-order valence-corrected chi connectivity index (χ2v) is 4.71. The number of esters is 1. The zero-order chi connectivity index (χ0) is 12.5. The number of benzene rings is 1. The summed E-state index contributed by atoms with van der Waals surface area (Å²) in [6.07, 6.45) is 2.25. The molecular formula is C13H18N2O2.